The van der Waals surface area contributed by atoms with E-state index in [2.05, 4.69) is 31.2 Å². The van der Waals surface area contributed by atoms with Crippen molar-refractivity contribution in [1.82, 2.24) is 4.57 Å². The van der Waals surface area contributed by atoms with Crippen molar-refractivity contribution in [3.8, 4) is 0 Å². The fourth-order valence-electron chi connectivity index (χ4n) is 2.08. The predicted molar refractivity (Wildman–Crippen MR) is 75.4 cm³/mol. The molecule has 0 aliphatic carbocycles. The highest BCUT2D eigenvalue weighted by Crippen LogP contribution is 2.14. The quantitative estimate of drug-likeness (QED) is 0.787. The van der Waals surface area contributed by atoms with Crippen molar-refractivity contribution in [3.63, 3.8) is 0 Å². The van der Waals surface area contributed by atoms with Gasteiger partial charge < -0.3 is 9.30 Å². The van der Waals surface area contributed by atoms with Crippen molar-refractivity contribution in [2.24, 2.45) is 0 Å². The molecule has 19 heavy (non-hydrogen) atoms. The number of aromatic nitrogens is 1. The topological polar surface area (TPSA) is 31.2 Å². The summed E-state index contributed by atoms with van der Waals surface area (Å²) in [6.45, 7) is 6.89. The molecular formula is C16H19NO2. The Hall–Kier alpha value is -2.03. The van der Waals surface area contributed by atoms with Crippen molar-refractivity contribution in [1.29, 1.82) is 0 Å². The SMILES string of the molecule is CCOC(=O)c1c(C)ccn1Cc1ccc(C)cc1. The molecule has 0 aliphatic heterocycles. The van der Waals surface area contributed by atoms with Gasteiger partial charge >= 0.3 is 5.97 Å². The van der Waals surface area contributed by atoms with Gasteiger partial charge in [0.25, 0.3) is 0 Å². The highest BCUT2D eigenvalue weighted by atomic mass is 16.5. The van der Waals surface area contributed by atoms with Gasteiger partial charge in [-0.05, 0) is 38.0 Å². The van der Waals surface area contributed by atoms with Crippen LogP contribution in [0.2, 0.25) is 0 Å². The van der Waals surface area contributed by atoms with Crippen LogP contribution >= 0.6 is 0 Å². The lowest BCUT2D eigenvalue weighted by molar-refractivity contribution is 0.0513. The molecule has 0 saturated heterocycles. The third-order valence-electron chi connectivity index (χ3n) is 3.11. The average Bonchev–Trinajstić information content (AvgIpc) is 2.74. The first-order valence-corrected chi connectivity index (χ1v) is 6.50. The standard InChI is InChI=1S/C16H19NO2/c1-4-19-16(18)15-13(3)9-10-17(15)11-14-7-5-12(2)6-8-14/h5-10H,4,11H2,1-3H3. The molecule has 0 saturated carbocycles. The number of aryl methyl sites for hydroxylation is 2. The highest BCUT2D eigenvalue weighted by Gasteiger charge is 2.15. The van der Waals surface area contributed by atoms with Gasteiger partial charge in [0.2, 0.25) is 0 Å². The zero-order chi connectivity index (χ0) is 13.8. The lowest BCUT2D eigenvalue weighted by Crippen LogP contribution is -2.13. The highest BCUT2D eigenvalue weighted by molar-refractivity contribution is 5.89. The van der Waals surface area contributed by atoms with Crippen molar-refractivity contribution in [2.75, 3.05) is 6.61 Å². The van der Waals surface area contributed by atoms with Crippen molar-refractivity contribution in [3.05, 3.63) is 58.9 Å². The van der Waals surface area contributed by atoms with Crippen LogP contribution in [0, 0.1) is 13.8 Å². The molecule has 0 fully saturated rings. The van der Waals surface area contributed by atoms with Crippen molar-refractivity contribution in [2.45, 2.75) is 27.3 Å². The Bertz CT molecular complexity index is 567. The van der Waals surface area contributed by atoms with E-state index in [-0.39, 0.29) is 5.97 Å². The maximum atomic E-state index is 11.9. The molecule has 1 aromatic heterocycles. The summed E-state index contributed by atoms with van der Waals surface area (Å²) >= 11 is 0. The van der Waals surface area contributed by atoms with Crippen LogP contribution in [0.25, 0.3) is 0 Å². The molecule has 0 N–H and O–H groups in total. The number of hydrogen-bond acceptors (Lipinski definition) is 2. The van der Waals surface area contributed by atoms with E-state index in [9.17, 15) is 4.79 Å². The molecule has 3 nitrogen and oxygen atoms in total. The number of benzene rings is 1. The lowest BCUT2D eigenvalue weighted by Gasteiger charge is -2.10. The Kier molecular flexibility index (Phi) is 4.05. The summed E-state index contributed by atoms with van der Waals surface area (Å²) < 4.78 is 7.05. The summed E-state index contributed by atoms with van der Waals surface area (Å²) in [5, 5.41) is 0. The smallest absolute Gasteiger partial charge is 0.355 e. The molecule has 2 aromatic rings. The molecule has 0 bridgehead atoms. The van der Waals surface area contributed by atoms with Crippen LogP contribution in [0.4, 0.5) is 0 Å². The Labute approximate surface area is 113 Å². The van der Waals surface area contributed by atoms with Crippen LogP contribution in [-0.4, -0.2) is 17.1 Å². The van der Waals surface area contributed by atoms with Gasteiger partial charge in [-0.25, -0.2) is 4.79 Å². The first kappa shape index (κ1) is 13.4. The van der Waals surface area contributed by atoms with E-state index < -0.39 is 0 Å². The molecule has 1 aromatic carbocycles. The van der Waals surface area contributed by atoms with Gasteiger partial charge in [-0.15, -0.1) is 0 Å². The zero-order valence-corrected chi connectivity index (χ0v) is 11.6. The van der Waals surface area contributed by atoms with Crippen LogP contribution in [0.3, 0.4) is 0 Å². The molecule has 3 heteroatoms. The van der Waals surface area contributed by atoms with Gasteiger partial charge in [0.05, 0.1) is 6.61 Å². The number of hydrogen-bond donors (Lipinski definition) is 0. The summed E-state index contributed by atoms with van der Waals surface area (Å²) in [5.41, 5.74) is 4.00. The van der Waals surface area contributed by atoms with E-state index in [1.807, 2.05) is 30.7 Å². The van der Waals surface area contributed by atoms with Crippen LogP contribution < -0.4 is 0 Å². The number of ether oxygens (including phenoxy) is 1. The summed E-state index contributed by atoms with van der Waals surface area (Å²) in [6, 6.07) is 10.3. The average molecular weight is 257 g/mol. The molecule has 1 heterocycles. The fourth-order valence-corrected chi connectivity index (χ4v) is 2.08. The van der Waals surface area contributed by atoms with Gasteiger partial charge in [0, 0.05) is 12.7 Å². The molecular weight excluding hydrogens is 238 g/mol. The minimum atomic E-state index is -0.253. The summed E-state index contributed by atoms with van der Waals surface area (Å²) in [4.78, 5) is 11.9. The van der Waals surface area contributed by atoms with Gasteiger partial charge in [-0.3, -0.25) is 0 Å². The second-order valence-electron chi connectivity index (χ2n) is 4.68. The number of rotatable bonds is 4. The predicted octanol–water partition coefficient (Wildman–Crippen LogP) is 3.33. The number of carbonyl (C=O) groups excluding carboxylic acids is 1. The van der Waals surface area contributed by atoms with E-state index in [4.69, 9.17) is 4.74 Å². The third kappa shape index (κ3) is 3.05. The molecule has 0 unspecified atom stereocenters. The van der Waals surface area contributed by atoms with Crippen molar-refractivity contribution >= 4 is 5.97 Å². The van der Waals surface area contributed by atoms with E-state index in [0.717, 1.165) is 5.56 Å². The Morgan fingerprint density at radius 2 is 1.84 bits per heavy atom. The molecule has 0 radical (unpaired) electrons. The maximum absolute atomic E-state index is 11.9. The van der Waals surface area contributed by atoms with Crippen LogP contribution in [-0.2, 0) is 11.3 Å². The summed E-state index contributed by atoms with van der Waals surface area (Å²) in [7, 11) is 0. The van der Waals surface area contributed by atoms with Gasteiger partial charge in [0.1, 0.15) is 5.69 Å². The summed E-state index contributed by atoms with van der Waals surface area (Å²) in [6.07, 6.45) is 1.93. The Morgan fingerprint density at radius 1 is 1.16 bits per heavy atom. The van der Waals surface area contributed by atoms with Crippen LogP contribution in [0.1, 0.15) is 34.1 Å². The second-order valence-corrected chi connectivity index (χ2v) is 4.68. The summed E-state index contributed by atoms with van der Waals surface area (Å²) in [5.74, 6) is -0.253. The molecule has 0 spiro atoms. The van der Waals surface area contributed by atoms with Gasteiger partial charge in [-0.1, -0.05) is 29.8 Å². The number of carbonyl (C=O) groups is 1. The Balaban J connectivity index is 2.25. The molecule has 0 atom stereocenters. The normalized spacial score (nSPS) is 10.5. The van der Waals surface area contributed by atoms with E-state index in [1.165, 1.54) is 11.1 Å². The third-order valence-corrected chi connectivity index (χ3v) is 3.11. The van der Waals surface area contributed by atoms with Crippen molar-refractivity contribution < 1.29 is 9.53 Å². The molecule has 0 aliphatic rings. The molecule has 2 rings (SSSR count). The van der Waals surface area contributed by atoms with E-state index >= 15 is 0 Å². The van der Waals surface area contributed by atoms with Gasteiger partial charge in [0.15, 0.2) is 0 Å². The van der Waals surface area contributed by atoms with Crippen LogP contribution in [0.5, 0.6) is 0 Å². The monoisotopic (exact) mass is 257 g/mol. The fraction of sp³-hybridized carbons (Fsp3) is 0.312. The molecule has 0 amide bonds. The minimum Gasteiger partial charge on any atom is -0.461 e. The molecule has 100 valence electrons. The first-order valence-electron chi connectivity index (χ1n) is 6.50. The van der Waals surface area contributed by atoms with Gasteiger partial charge in [-0.2, -0.15) is 0 Å². The Morgan fingerprint density at radius 3 is 2.47 bits per heavy atom. The largest absolute Gasteiger partial charge is 0.461 e. The minimum absolute atomic E-state index is 0.253. The number of nitrogens with zero attached hydrogens (tertiary/aromatic N) is 1. The van der Waals surface area contributed by atoms with Crippen LogP contribution in [0.15, 0.2) is 36.5 Å². The zero-order valence-electron chi connectivity index (χ0n) is 11.6. The lowest BCUT2D eigenvalue weighted by atomic mass is 10.1. The first-order chi connectivity index (χ1) is 9.11. The van der Waals surface area contributed by atoms with E-state index in [1.54, 1.807) is 0 Å². The maximum Gasteiger partial charge on any atom is 0.355 e. The number of esters is 1. The second kappa shape index (κ2) is 5.74. The van der Waals surface area contributed by atoms with E-state index in [0.29, 0.717) is 18.8 Å².